The predicted octanol–water partition coefficient (Wildman–Crippen LogP) is 3.04. The van der Waals surface area contributed by atoms with Crippen LogP contribution in [0.15, 0.2) is 17.5 Å². The summed E-state index contributed by atoms with van der Waals surface area (Å²) in [7, 11) is 0. The highest BCUT2D eigenvalue weighted by molar-refractivity contribution is 7.15. The van der Waals surface area contributed by atoms with Gasteiger partial charge in [-0.3, -0.25) is 10.1 Å². The second kappa shape index (κ2) is 6.00. The van der Waals surface area contributed by atoms with Gasteiger partial charge >= 0.3 is 0 Å². The zero-order chi connectivity index (χ0) is 16.6. The molecule has 6 nitrogen and oxygen atoms in total. The molecule has 7 heteroatoms. The number of amides is 1. The molecule has 0 saturated carbocycles. The van der Waals surface area contributed by atoms with E-state index in [9.17, 15) is 4.79 Å². The number of carbonyl (C=O) groups excluding carboxylic acids is 1. The largest absolute Gasteiger partial charge is 0.483 e. The lowest BCUT2D eigenvalue weighted by Gasteiger charge is -2.11. The zero-order valence-electron chi connectivity index (χ0n) is 13.5. The minimum Gasteiger partial charge on any atom is -0.483 e. The van der Waals surface area contributed by atoms with Crippen molar-refractivity contribution in [1.29, 1.82) is 0 Å². The Labute approximate surface area is 138 Å². The Morgan fingerprint density at radius 1 is 1.30 bits per heavy atom. The molecular formula is C16H18N4O2S. The van der Waals surface area contributed by atoms with Crippen molar-refractivity contribution in [3.05, 3.63) is 39.9 Å². The first kappa shape index (κ1) is 15.5. The predicted molar refractivity (Wildman–Crippen MR) is 90.4 cm³/mol. The number of benzene rings is 1. The first-order valence-electron chi connectivity index (χ1n) is 7.25. The molecule has 0 unspecified atom stereocenters. The molecular weight excluding hydrogens is 312 g/mol. The van der Waals surface area contributed by atoms with Crippen LogP contribution >= 0.6 is 11.3 Å². The lowest BCUT2D eigenvalue weighted by molar-refractivity contribution is -0.118. The number of thiazole rings is 1. The minimum absolute atomic E-state index is 0.0738. The SMILES string of the molecule is Cc1cc(C)c(C)c(OCC(=O)Nc2nc3scc(C)n3n2)c1. The molecule has 1 aromatic carbocycles. The van der Waals surface area contributed by atoms with E-state index < -0.39 is 0 Å². The Morgan fingerprint density at radius 2 is 2.09 bits per heavy atom. The standard InChI is InChI=1S/C16H18N4O2S/c1-9-5-10(2)12(4)13(6-9)22-7-14(21)17-15-18-16-20(19-15)11(3)8-23-16/h5-6,8H,7H2,1-4H3,(H,17,19,21). The lowest BCUT2D eigenvalue weighted by atomic mass is 10.1. The number of hydrogen-bond acceptors (Lipinski definition) is 5. The number of hydrogen-bond donors (Lipinski definition) is 1. The van der Waals surface area contributed by atoms with Crippen molar-refractivity contribution in [3.8, 4) is 5.75 Å². The average molecular weight is 330 g/mol. The van der Waals surface area contributed by atoms with Crippen LogP contribution in [0, 0.1) is 27.7 Å². The monoisotopic (exact) mass is 330 g/mol. The van der Waals surface area contributed by atoms with Gasteiger partial charge in [0, 0.05) is 5.38 Å². The fourth-order valence-electron chi connectivity index (χ4n) is 2.30. The molecule has 0 radical (unpaired) electrons. The van der Waals surface area contributed by atoms with E-state index in [0.29, 0.717) is 5.95 Å². The molecule has 0 bridgehead atoms. The van der Waals surface area contributed by atoms with Gasteiger partial charge in [-0.2, -0.15) is 4.98 Å². The normalized spacial score (nSPS) is 11.0. The Bertz CT molecular complexity index is 882. The van der Waals surface area contributed by atoms with Gasteiger partial charge in [0.1, 0.15) is 5.75 Å². The average Bonchev–Trinajstić information content (AvgIpc) is 3.03. The maximum atomic E-state index is 12.0. The van der Waals surface area contributed by atoms with Crippen LogP contribution in [0.25, 0.3) is 4.96 Å². The maximum Gasteiger partial charge on any atom is 0.264 e. The summed E-state index contributed by atoms with van der Waals surface area (Å²) in [5.74, 6) is 0.748. The van der Waals surface area contributed by atoms with Gasteiger partial charge in [-0.05, 0) is 50.5 Å². The van der Waals surface area contributed by atoms with Crippen LogP contribution in [0.5, 0.6) is 5.75 Å². The molecule has 0 atom stereocenters. The number of anilines is 1. The topological polar surface area (TPSA) is 68.5 Å². The van der Waals surface area contributed by atoms with Gasteiger partial charge in [-0.15, -0.1) is 16.4 Å². The molecule has 120 valence electrons. The molecule has 2 heterocycles. The molecule has 0 saturated heterocycles. The molecule has 3 aromatic rings. The van der Waals surface area contributed by atoms with Crippen LogP contribution in [0.4, 0.5) is 5.95 Å². The molecule has 0 aliphatic carbocycles. The Hall–Kier alpha value is -2.41. The summed E-state index contributed by atoms with van der Waals surface area (Å²) in [5, 5.41) is 8.87. The van der Waals surface area contributed by atoms with Crippen LogP contribution in [0.2, 0.25) is 0 Å². The van der Waals surface area contributed by atoms with Crippen molar-refractivity contribution >= 4 is 28.2 Å². The Balaban J connectivity index is 1.65. The van der Waals surface area contributed by atoms with E-state index in [1.54, 1.807) is 4.52 Å². The number of ether oxygens (including phenoxy) is 1. The van der Waals surface area contributed by atoms with Crippen molar-refractivity contribution in [1.82, 2.24) is 14.6 Å². The highest BCUT2D eigenvalue weighted by Gasteiger charge is 2.12. The second-order valence-electron chi connectivity index (χ2n) is 5.55. The maximum absolute atomic E-state index is 12.0. The number of aromatic nitrogens is 3. The molecule has 3 rings (SSSR count). The van der Waals surface area contributed by atoms with E-state index in [4.69, 9.17) is 4.74 Å². The smallest absolute Gasteiger partial charge is 0.264 e. The van der Waals surface area contributed by atoms with Crippen LogP contribution in [0.1, 0.15) is 22.4 Å². The highest BCUT2D eigenvalue weighted by Crippen LogP contribution is 2.23. The molecule has 0 spiro atoms. The van der Waals surface area contributed by atoms with E-state index in [-0.39, 0.29) is 12.5 Å². The lowest BCUT2D eigenvalue weighted by Crippen LogP contribution is -2.21. The van der Waals surface area contributed by atoms with Crippen LogP contribution in [0.3, 0.4) is 0 Å². The molecule has 0 aliphatic heterocycles. The summed E-state index contributed by atoms with van der Waals surface area (Å²) < 4.78 is 7.34. The minimum atomic E-state index is -0.278. The number of carbonyl (C=O) groups is 1. The number of rotatable bonds is 4. The van der Waals surface area contributed by atoms with Gasteiger partial charge in [-0.1, -0.05) is 6.07 Å². The third-order valence-electron chi connectivity index (χ3n) is 3.62. The Kier molecular flexibility index (Phi) is 4.04. The molecule has 0 aliphatic rings. The zero-order valence-corrected chi connectivity index (χ0v) is 14.3. The first-order valence-corrected chi connectivity index (χ1v) is 8.13. The number of nitrogens with zero attached hydrogens (tertiary/aromatic N) is 3. The van der Waals surface area contributed by atoms with Crippen LogP contribution in [-0.4, -0.2) is 27.1 Å². The fraction of sp³-hybridized carbons (Fsp3) is 0.312. The van der Waals surface area contributed by atoms with Gasteiger partial charge in [0.25, 0.3) is 11.9 Å². The first-order chi connectivity index (χ1) is 10.9. The third kappa shape index (κ3) is 3.19. The van der Waals surface area contributed by atoms with Crippen LogP contribution in [-0.2, 0) is 4.79 Å². The highest BCUT2D eigenvalue weighted by atomic mass is 32.1. The number of aryl methyl sites for hydroxylation is 3. The molecule has 1 amide bonds. The van der Waals surface area contributed by atoms with Gasteiger partial charge in [0.15, 0.2) is 6.61 Å². The fourth-order valence-corrected chi connectivity index (χ4v) is 3.10. The third-order valence-corrected chi connectivity index (χ3v) is 4.55. The van der Waals surface area contributed by atoms with Crippen molar-refractivity contribution < 1.29 is 9.53 Å². The van der Waals surface area contributed by atoms with Gasteiger partial charge in [0.05, 0.1) is 5.69 Å². The van der Waals surface area contributed by atoms with E-state index >= 15 is 0 Å². The van der Waals surface area contributed by atoms with Crippen molar-refractivity contribution in [2.24, 2.45) is 0 Å². The van der Waals surface area contributed by atoms with Gasteiger partial charge in [0.2, 0.25) is 4.96 Å². The van der Waals surface area contributed by atoms with Crippen LogP contribution < -0.4 is 10.1 Å². The van der Waals surface area contributed by atoms with E-state index in [0.717, 1.165) is 33.1 Å². The quantitative estimate of drug-likeness (QED) is 0.798. The van der Waals surface area contributed by atoms with Crippen molar-refractivity contribution in [2.45, 2.75) is 27.7 Å². The van der Waals surface area contributed by atoms with Crippen molar-refractivity contribution in [3.63, 3.8) is 0 Å². The van der Waals surface area contributed by atoms with Gasteiger partial charge < -0.3 is 4.74 Å². The summed E-state index contributed by atoms with van der Waals surface area (Å²) in [6.07, 6.45) is 0. The van der Waals surface area contributed by atoms with E-state index in [1.165, 1.54) is 11.3 Å². The van der Waals surface area contributed by atoms with Crippen molar-refractivity contribution in [2.75, 3.05) is 11.9 Å². The summed E-state index contributed by atoms with van der Waals surface area (Å²) in [5.41, 5.74) is 4.28. The van der Waals surface area contributed by atoms with E-state index in [2.05, 4.69) is 21.5 Å². The summed E-state index contributed by atoms with van der Waals surface area (Å²) >= 11 is 1.48. The molecule has 0 fully saturated rings. The van der Waals surface area contributed by atoms with E-state index in [1.807, 2.05) is 39.1 Å². The van der Waals surface area contributed by atoms with Gasteiger partial charge in [-0.25, -0.2) is 4.52 Å². The Morgan fingerprint density at radius 3 is 2.83 bits per heavy atom. The molecule has 23 heavy (non-hydrogen) atoms. The molecule has 2 aromatic heterocycles. The summed E-state index contributed by atoms with van der Waals surface area (Å²) in [6.45, 7) is 7.88. The molecule has 1 N–H and O–H groups in total. The number of nitrogens with one attached hydrogen (secondary N) is 1. The summed E-state index contributed by atoms with van der Waals surface area (Å²) in [4.78, 5) is 17.0. The second-order valence-corrected chi connectivity index (χ2v) is 6.39. The summed E-state index contributed by atoms with van der Waals surface area (Å²) in [6, 6.07) is 4.02. The number of fused-ring (bicyclic) bond motifs is 1.